The molecule has 118 valence electrons. The van der Waals surface area contributed by atoms with E-state index in [-0.39, 0.29) is 23.6 Å². The van der Waals surface area contributed by atoms with Crippen molar-refractivity contribution in [3.63, 3.8) is 0 Å². The van der Waals surface area contributed by atoms with E-state index >= 15 is 0 Å². The third kappa shape index (κ3) is 3.05. The van der Waals surface area contributed by atoms with Gasteiger partial charge in [-0.2, -0.15) is 0 Å². The Morgan fingerprint density at radius 2 is 1.78 bits per heavy atom. The number of rotatable bonds is 2. The highest BCUT2D eigenvalue weighted by Crippen LogP contribution is 2.28. The van der Waals surface area contributed by atoms with E-state index in [0.717, 1.165) is 11.1 Å². The molecule has 1 amide bonds. The van der Waals surface area contributed by atoms with E-state index < -0.39 is 17.9 Å². The van der Waals surface area contributed by atoms with Crippen molar-refractivity contribution < 1.29 is 14.7 Å². The number of aliphatic carboxylic acids is 1. The number of amides is 1. The molecule has 0 aliphatic carbocycles. The van der Waals surface area contributed by atoms with E-state index in [9.17, 15) is 14.7 Å². The molecule has 4 nitrogen and oxygen atoms in total. The predicted molar refractivity (Wildman–Crippen MR) is 87.9 cm³/mol. The second kappa shape index (κ2) is 6.22. The highest BCUT2D eigenvalue weighted by molar-refractivity contribution is 6.36. The van der Waals surface area contributed by atoms with Crippen LogP contribution in [0.25, 0.3) is 0 Å². The van der Waals surface area contributed by atoms with Gasteiger partial charge >= 0.3 is 5.97 Å². The van der Waals surface area contributed by atoms with Crippen LogP contribution in [-0.2, 0) is 17.8 Å². The van der Waals surface area contributed by atoms with Crippen LogP contribution >= 0.6 is 23.2 Å². The van der Waals surface area contributed by atoms with Crippen molar-refractivity contribution in [3.8, 4) is 0 Å². The maximum Gasteiger partial charge on any atom is 0.326 e. The number of carbonyl (C=O) groups excluding carboxylic acids is 1. The Kier molecular flexibility index (Phi) is 4.28. The molecular weight excluding hydrogens is 337 g/mol. The topological polar surface area (TPSA) is 57.6 Å². The van der Waals surface area contributed by atoms with Crippen molar-refractivity contribution in [1.82, 2.24) is 4.90 Å². The van der Waals surface area contributed by atoms with Crippen molar-refractivity contribution in [2.24, 2.45) is 0 Å². The number of halogens is 2. The average Bonchev–Trinajstić information content (AvgIpc) is 2.53. The summed E-state index contributed by atoms with van der Waals surface area (Å²) >= 11 is 11.9. The van der Waals surface area contributed by atoms with Gasteiger partial charge in [0.15, 0.2) is 0 Å². The molecule has 0 saturated heterocycles. The van der Waals surface area contributed by atoms with Gasteiger partial charge in [0, 0.05) is 18.0 Å². The Labute approximate surface area is 143 Å². The molecule has 0 fully saturated rings. The number of hydrogen-bond donors (Lipinski definition) is 1. The first-order chi connectivity index (χ1) is 11.0. The van der Waals surface area contributed by atoms with E-state index in [1.807, 2.05) is 24.3 Å². The van der Waals surface area contributed by atoms with Gasteiger partial charge in [-0.25, -0.2) is 4.79 Å². The van der Waals surface area contributed by atoms with Crippen LogP contribution in [0.15, 0.2) is 42.5 Å². The number of carbonyl (C=O) groups is 2. The Bertz CT molecular complexity index is 791. The first-order valence-corrected chi connectivity index (χ1v) is 7.78. The average molecular weight is 350 g/mol. The molecule has 2 aromatic carbocycles. The summed E-state index contributed by atoms with van der Waals surface area (Å²) in [6, 6.07) is 11.2. The summed E-state index contributed by atoms with van der Waals surface area (Å²) in [5.74, 6) is -1.44. The van der Waals surface area contributed by atoms with Gasteiger partial charge in [0.2, 0.25) is 0 Å². The lowest BCUT2D eigenvalue weighted by Gasteiger charge is -2.34. The fourth-order valence-electron chi connectivity index (χ4n) is 2.77. The highest BCUT2D eigenvalue weighted by Gasteiger charge is 2.35. The molecule has 1 atom stereocenters. The molecule has 1 unspecified atom stereocenters. The van der Waals surface area contributed by atoms with Crippen LogP contribution in [0.2, 0.25) is 10.0 Å². The zero-order chi connectivity index (χ0) is 16.6. The summed E-state index contributed by atoms with van der Waals surface area (Å²) in [5, 5.41) is 10.1. The number of nitrogens with zero attached hydrogens (tertiary/aromatic N) is 1. The van der Waals surface area contributed by atoms with Crippen LogP contribution in [0.5, 0.6) is 0 Å². The monoisotopic (exact) mass is 349 g/mol. The lowest BCUT2D eigenvalue weighted by Crippen LogP contribution is -2.48. The molecule has 0 radical (unpaired) electrons. The number of carboxylic acids is 1. The van der Waals surface area contributed by atoms with E-state index in [2.05, 4.69) is 0 Å². The lowest BCUT2D eigenvalue weighted by molar-refractivity contribution is -0.142. The molecule has 1 aliphatic heterocycles. The van der Waals surface area contributed by atoms with E-state index in [1.54, 1.807) is 6.07 Å². The quantitative estimate of drug-likeness (QED) is 0.900. The van der Waals surface area contributed by atoms with Crippen LogP contribution in [0.3, 0.4) is 0 Å². The smallest absolute Gasteiger partial charge is 0.326 e. The molecular formula is C17H13Cl2NO3. The normalized spacial score (nSPS) is 16.8. The lowest BCUT2D eigenvalue weighted by atomic mass is 9.93. The summed E-state index contributed by atoms with van der Waals surface area (Å²) in [6.45, 7) is 0.241. The fraction of sp³-hybridized carbons (Fsp3) is 0.176. The largest absolute Gasteiger partial charge is 0.480 e. The van der Waals surface area contributed by atoms with Gasteiger partial charge in [-0.15, -0.1) is 0 Å². The standard InChI is InChI=1S/C17H13Cl2NO3/c18-12-5-6-13(14(19)8-12)16(21)20-9-11-4-2-1-3-10(11)7-15(20)17(22)23/h1-6,8,15H,7,9H2,(H,22,23). The summed E-state index contributed by atoms with van der Waals surface area (Å²) in [5.41, 5.74) is 2.15. The number of hydrogen-bond acceptors (Lipinski definition) is 2. The molecule has 1 aliphatic rings. The molecule has 23 heavy (non-hydrogen) atoms. The highest BCUT2D eigenvalue weighted by atomic mass is 35.5. The van der Waals surface area contributed by atoms with E-state index in [0.29, 0.717) is 5.02 Å². The van der Waals surface area contributed by atoms with Gasteiger partial charge in [0.25, 0.3) is 5.91 Å². The molecule has 3 rings (SSSR count). The SMILES string of the molecule is O=C(O)C1Cc2ccccc2CN1C(=O)c1ccc(Cl)cc1Cl. The minimum atomic E-state index is -1.03. The maximum atomic E-state index is 12.8. The summed E-state index contributed by atoms with van der Waals surface area (Å²) < 4.78 is 0. The van der Waals surface area contributed by atoms with Gasteiger partial charge in [-0.1, -0.05) is 47.5 Å². The minimum absolute atomic E-state index is 0.213. The molecule has 0 spiro atoms. The molecule has 6 heteroatoms. The first kappa shape index (κ1) is 15.8. The summed E-state index contributed by atoms with van der Waals surface area (Å²) in [7, 11) is 0. The van der Waals surface area contributed by atoms with E-state index in [4.69, 9.17) is 23.2 Å². The van der Waals surface area contributed by atoms with Gasteiger partial charge in [-0.3, -0.25) is 4.79 Å². The molecule has 1 heterocycles. The van der Waals surface area contributed by atoms with Gasteiger partial charge in [0.1, 0.15) is 6.04 Å². The number of fused-ring (bicyclic) bond motifs is 1. The fourth-order valence-corrected chi connectivity index (χ4v) is 3.26. The van der Waals surface area contributed by atoms with Crippen LogP contribution in [-0.4, -0.2) is 27.9 Å². The minimum Gasteiger partial charge on any atom is -0.480 e. The maximum absolute atomic E-state index is 12.8. The summed E-state index contributed by atoms with van der Waals surface area (Å²) in [6.07, 6.45) is 0.280. The third-order valence-electron chi connectivity index (χ3n) is 3.96. The van der Waals surface area contributed by atoms with Crippen LogP contribution < -0.4 is 0 Å². The first-order valence-electron chi connectivity index (χ1n) is 7.03. The van der Waals surface area contributed by atoms with Crippen LogP contribution in [0.1, 0.15) is 21.5 Å². The van der Waals surface area contributed by atoms with E-state index in [1.165, 1.54) is 17.0 Å². The zero-order valence-electron chi connectivity index (χ0n) is 12.0. The second-order valence-electron chi connectivity index (χ2n) is 5.38. The molecule has 0 aromatic heterocycles. The second-order valence-corrected chi connectivity index (χ2v) is 6.23. The molecule has 0 saturated carbocycles. The zero-order valence-corrected chi connectivity index (χ0v) is 13.5. The Morgan fingerprint density at radius 1 is 1.09 bits per heavy atom. The van der Waals surface area contributed by atoms with Crippen LogP contribution in [0.4, 0.5) is 0 Å². The Morgan fingerprint density at radius 3 is 2.43 bits per heavy atom. The molecule has 0 bridgehead atoms. The van der Waals surface area contributed by atoms with Gasteiger partial charge in [0.05, 0.1) is 10.6 Å². The molecule has 2 aromatic rings. The van der Waals surface area contributed by atoms with Gasteiger partial charge < -0.3 is 10.0 Å². The Hall–Kier alpha value is -2.04. The number of carboxylic acid groups (broad SMARTS) is 1. The summed E-state index contributed by atoms with van der Waals surface area (Å²) in [4.78, 5) is 25.7. The predicted octanol–water partition coefficient (Wildman–Crippen LogP) is 3.65. The van der Waals surface area contributed by atoms with Crippen molar-refractivity contribution in [2.45, 2.75) is 19.0 Å². The Balaban J connectivity index is 1.99. The van der Waals surface area contributed by atoms with Crippen molar-refractivity contribution >= 4 is 35.1 Å². The molecule has 1 N–H and O–H groups in total. The third-order valence-corrected chi connectivity index (χ3v) is 4.50. The van der Waals surface area contributed by atoms with Crippen molar-refractivity contribution in [2.75, 3.05) is 0 Å². The van der Waals surface area contributed by atoms with Gasteiger partial charge in [-0.05, 0) is 29.3 Å². The van der Waals surface area contributed by atoms with Crippen LogP contribution in [0, 0.1) is 0 Å². The van der Waals surface area contributed by atoms with Crippen molar-refractivity contribution in [1.29, 1.82) is 0 Å². The number of benzene rings is 2. The van der Waals surface area contributed by atoms with Crippen molar-refractivity contribution in [3.05, 3.63) is 69.2 Å².